The standard InChI is InChI=1S/C22H26FN7O.H2/c1-16-9-17(26-22-25-15-30(27-22)18-3-4-24-21(23)12-18)11-19(10-16)28-5-2-6-29(8-7-28)20-13-31-14-20;/h3-4,9-12,15,20H,2,5-8,13-14H2,1H3,(H,26,27);1H. The summed E-state index contributed by atoms with van der Waals surface area (Å²) in [6.07, 6.45) is 4.11. The molecule has 0 amide bonds. The molecule has 0 atom stereocenters. The summed E-state index contributed by atoms with van der Waals surface area (Å²) >= 11 is 0. The van der Waals surface area contributed by atoms with Crippen LogP contribution < -0.4 is 10.2 Å². The summed E-state index contributed by atoms with van der Waals surface area (Å²) in [7, 11) is 0. The average Bonchev–Trinajstić information content (AvgIpc) is 3.03. The highest BCUT2D eigenvalue weighted by molar-refractivity contribution is 5.64. The number of rotatable bonds is 5. The first-order valence-corrected chi connectivity index (χ1v) is 10.6. The van der Waals surface area contributed by atoms with Crippen LogP contribution in [0.3, 0.4) is 0 Å². The van der Waals surface area contributed by atoms with Crippen LogP contribution in [-0.2, 0) is 4.74 Å². The molecule has 1 N–H and O–H groups in total. The van der Waals surface area contributed by atoms with E-state index in [2.05, 4.69) is 55.3 Å². The van der Waals surface area contributed by atoms with Gasteiger partial charge in [-0.1, -0.05) is 0 Å². The first-order chi connectivity index (χ1) is 15.1. The van der Waals surface area contributed by atoms with E-state index in [1.54, 1.807) is 12.4 Å². The topological polar surface area (TPSA) is 71.3 Å². The van der Waals surface area contributed by atoms with Crippen LogP contribution >= 0.6 is 0 Å². The lowest BCUT2D eigenvalue weighted by Gasteiger charge is -2.36. The van der Waals surface area contributed by atoms with E-state index in [1.165, 1.54) is 28.2 Å². The molecule has 9 heteroatoms. The van der Waals surface area contributed by atoms with Gasteiger partial charge in [0.25, 0.3) is 0 Å². The fraction of sp³-hybridized carbons (Fsp3) is 0.409. The van der Waals surface area contributed by atoms with E-state index in [0.717, 1.165) is 51.5 Å². The molecule has 0 aliphatic carbocycles. The van der Waals surface area contributed by atoms with Gasteiger partial charge in [0.15, 0.2) is 0 Å². The molecule has 0 spiro atoms. The van der Waals surface area contributed by atoms with Crippen LogP contribution in [0.25, 0.3) is 5.69 Å². The molecule has 2 aromatic heterocycles. The minimum atomic E-state index is -0.549. The lowest BCUT2D eigenvalue weighted by Crippen LogP contribution is -2.50. The Kier molecular flexibility index (Phi) is 5.52. The molecule has 31 heavy (non-hydrogen) atoms. The number of ether oxygens (including phenoxy) is 1. The Balaban J connectivity index is 0.00000245. The van der Waals surface area contributed by atoms with Crippen molar-refractivity contribution in [2.75, 3.05) is 49.6 Å². The van der Waals surface area contributed by atoms with E-state index in [1.807, 2.05) is 0 Å². The number of aryl methyl sites for hydroxylation is 1. The van der Waals surface area contributed by atoms with Crippen LogP contribution in [0.15, 0.2) is 42.9 Å². The Bertz CT molecular complexity index is 1060. The van der Waals surface area contributed by atoms with Crippen LogP contribution in [0.4, 0.5) is 21.7 Å². The number of halogens is 1. The highest BCUT2D eigenvalue weighted by atomic mass is 19.1. The van der Waals surface area contributed by atoms with Gasteiger partial charge in [-0.15, -0.1) is 5.10 Å². The van der Waals surface area contributed by atoms with Crippen molar-refractivity contribution < 1.29 is 10.6 Å². The molecule has 5 rings (SSSR count). The first kappa shape index (κ1) is 19.9. The second-order valence-corrected chi connectivity index (χ2v) is 8.10. The van der Waals surface area contributed by atoms with Gasteiger partial charge in [-0.2, -0.15) is 9.37 Å². The lowest BCUT2D eigenvalue weighted by molar-refractivity contribution is -0.0625. The van der Waals surface area contributed by atoms with Crippen molar-refractivity contribution in [2.24, 2.45) is 0 Å². The molecular formula is C22H28FN7O. The van der Waals surface area contributed by atoms with E-state index in [0.29, 0.717) is 17.7 Å². The Morgan fingerprint density at radius 1 is 1.06 bits per heavy atom. The molecule has 0 saturated carbocycles. The van der Waals surface area contributed by atoms with E-state index in [9.17, 15) is 4.39 Å². The van der Waals surface area contributed by atoms with Gasteiger partial charge in [0.2, 0.25) is 11.9 Å². The van der Waals surface area contributed by atoms with Crippen molar-refractivity contribution in [1.29, 1.82) is 0 Å². The Hall–Kier alpha value is -3.04. The van der Waals surface area contributed by atoms with Crippen molar-refractivity contribution in [3.8, 4) is 5.69 Å². The fourth-order valence-corrected chi connectivity index (χ4v) is 4.12. The van der Waals surface area contributed by atoms with E-state index in [4.69, 9.17) is 4.74 Å². The van der Waals surface area contributed by atoms with Gasteiger partial charge < -0.3 is 15.0 Å². The predicted octanol–water partition coefficient (Wildman–Crippen LogP) is 3.01. The smallest absolute Gasteiger partial charge is 0.246 e. The van der Waals surface area contributed by atoms with E-state index in [-0.39, 0.29) is 1.43 Å². The molecule has 8 nitrogen and oxygen atoms in total. The average molecular weight is 426 g/mol. The number of pyridine rings is 1. The van der Waals surface area contributed by atoms with Crippen LogP contribution in [0.2, 0.25) is 0 Å². The molecule has 2 aliphatic rings. The van der Waals surface area contributed by atoms with Gasteiger partial charge in [-0.05, 0) is 43.2 Å². The second-order valence-electron chi connectivity index (χ2n) is 8.10. The number of hydrogen-bond donors (Lipinski definition) is 1. The molecule has 2 saturated heterocycles. The summed E-state index contributed by atoms with van der Waals surface area (Å²) < 4.78 is 20.3. The zero-order valence-electron chi connectivity index (χ0n) is 17.5. The lowest BCUT2D eigenvalue weighted by atomic mass is 10.1. The summed E-state index contributed by atoms with van der Waals surface area (Å²) in [6, 6.07) is 10.0. The van der Waals surface area contributed by atoms with Crippen molar-refractivity contribution in [2.45, 2.75) is 19.4 Å². The predicted molar refractivity (Wildman–Crippen MR) is 119 cm³/mol. The number of anilines is 3. The van der Waals surface area contributed by atoms with Crippen molar-refractivity contribution in [1.82, 2.24) is 24.6 Å². The third-order valence-corrected chi connectivity index (χ3v) is 5.82. The fourth-order valence-electron chi connectivity index (χ4n) is 4.12. The normalized spacial score (nSPS) is 17.9. The molecule has 1 aromatic carbocycles. The monoisotopic (exact) mass is 425 g/mol. The summed E-state index contributed by atoms with van der Waals surface area (Å²) in [4.78, 5) is 12.9. The molecule has 0 unspecified atom stereocenters. The minimum absolute atomic E-state index is 0. The zero-order chi connectivity index (χ0) is 21.2. The summed E-state index contributed by atoms with van der Waals surface area (Å²) in [5.41, 5.74) is 3.88. The zero-order valence-corrected chi connectivity index (χ0v) is 17.5. The summed E-state index contributed by atoms with van der Waals surface area (Å²) in [5.74, 6) is -0.0903. The molecule has 0 bridgehead atoms. The largest absolute Gasteiger partial charge is 0.378 e. The van der Waals surface area contributed by atoms with Gasteiger partial charge in [-0.3, -0.25) is 4.90 Å². The van der Waals surface area contributed by atoms with Crippen LogP contribution in [-0.4, -0.2) is 70.1 Å². The van der Waals surface area contributed by atoms with Gasteiger partial charge in [-0.25, -0.2) is 9.67 Å². The maximum Gasteiger partial charge on any atom is 0.246 e. The molecule has 3 aromatic rings. The maximum absolute atomic E-state index is 13.4. The Morgan fingerprint density at radius 2 is 1.97 bits per heavy atom. The number of nitrogens with zero attached hydrogens (tertiary/aromatic N) is 6. The molecule has 4 heterocycles. The second kappa shape index (κ2) is 8.60. The molecule has 2 aliphatic heterocycles. The quantitative estimate of drug-likeness (QED) is 0.630. The van der Waals surface area contributed by atoms with Crippen LogP contribution in [0.5, 0.6) is 0 Å². The van der Waals surface area contributed by atoms with Crippen LogP contribution in [0.1, 0.15) is 13.4 Å². The van der Waals surface area contributed by atoms with Gasteiger partial charge in [0, 0.05) is 51.2 Å². The molecule has 0 radical (unpaired) electrons. The highest BCUT2D eigenvalue weighted by Crippen LogP contribution is 2.26. The first-order valence-electron chi connectivity index (χ1n) is 10.6. The van der Waals surface area contributed by atoms with Crippen molar-refractivity contribution in [3.63, 3.8) is 0 Å². The van der Waals surface area contributed by atoms with E-state index >= 15 is 0 Å². The summed E-state index contributed by atoms with van der Waals surface area (Å²) in [6.45, 7) is 8.04. The minimum Gasteiger partial charge on any atom is -0.378 e. The van der Waals surface area contributed by atoms with Crippen molar-refractivity contribution >= 4 is 17.3 Å². The SMILES string of the molecule is Cc1cc(Nc2ncn(-c3ccnc(F)c3)n2)cc(N2CCCN(C3COC3)CC2)c1.[HH]. The van der Waals surface area contributed by atoms with Crippen molar-refractivity contribution in [3.05, 3.63) is 54.4 Å². The Labute approximate surface area is 182 Å². The number of nitrogens with one attached hydrogen (secondary N) is 1. The van der Waals surface area contributed by atoms with Gasteiger partial charge in [0.05, 0.1) is 24.9 Å². The third kappa shape index (κ3) is 4.52. The van der Waals surface area contributed by atoms with Gasteiger partial charge in [0.1, 0.15) is 6.33 Å². The molecule has 2 fully saturated rings. The molecular weight excluding hydrogens is 397 g/mol. The van der Waals surface area contributed by atoms with Gasteiger partial charge >= 0.3 is 0 Å². The number of aromatic nitrogens is 4. The summed E-state index contributed by atoms with van der Waals surface area (Å²) in [5, 5.41) is 7.70. The van der Waals surface area contributed by atoms with E-state index < -0.39 is 5.95 Å². The number of hydrogen-bond acceptors (Lipinski definition) is 7. The van der Waals surface area contributed by atoms with Crippen LogP contribution in [0, 0.1) is 12.9 Å². The highest BCUT2D eigenvalue weighted by Gasteiger charge is 2.27. The Morgan fingerprint density at radius 3 is 2.77 bits per heavy atom. The maximum atomic E-state index is 13.4. The molecule has 164 valence electrons. The number of benzene rings is 1. The third-order valence-electron chi connectivity index (χ3n) is 5.82.